The standard InChI is InChI=1S/C11H7F2NO4/c1-17-10-5(2-3-6(12)9(10)13)7-4-8(11(15)16)18-14-7/h2-4H,1H3,(H,15,16). The number of ether oxygens (including phenoxy) is 1. The topological polar surface area (TPSA) is 72.6 Å². The summed E-state index contributed by atoms with van der Waals surface area (Å²) in [5, 5.41) is 12.1. The van der Waals surface area contributed by atoms with Gasteiger partial charge in [0.15, 0.2) is 11.6 Å². The van der Waals surface area contributed by atoms with Crippen LogP contribution in [0.3, 0.4) is 0 Å². The van der Waals surface area contributed by atoms with Crippen molar-refractivity contribution in [2.45, 2.75) is 0 Å². The minimum absolute atomic E-state index is 0.0446. The highest BCUT2D eigenvalue weighted by molar-refractivity contribution is 5.86. The summed E-state index contributed by atoms with van der Waals surface area (Å²) in [4.78, 5) is 10.6. The van der Waals surface area contributed by atoms with Crippen LogP contribution in [0.1, 0.15) is 10.6 Å². The van der Waals surface area contributed by atoms with E-state index in [0.717, 1.165) is 12.1 Å². The van der Waals surface area contributed by atoms with E-state index < -0.39 is 23.4 Å². The molecule has 2 aromatic rings. The number of aromatic carboxylic acids is 1. The minimum atomic E-state index is -1.31. The second-order valence-electron chi connectivity index (χ2n) is 3.32. The smallest absolute Gasteiger partial charge is 0.374 e. The Labute approximate surface area is 99.6 Å². The van der Waals surface area contributed by atoms with Gasteiger partial charge in [-0.15, -0.1) is 0 Å². The van der Waals surface area contributed by atoms with Crippen LogP contribution in [-0.4, -0.2) is 23.3 Å². The summed E-state index contributed by atoms with van der Waals surface area (Å²) in [5.41, 5.74) is 0.149. The summed E-state index contributed by atoms with van der Waals surface area (Å²) in [7, 11) is 1.17. The lowest BCUT2D eigenvalue weighted by atomic mass is 10.1. The summed E-state index contributed by atoms with van der Waals surface area (Å²) in [5.74, 6) is -4.32. The highest BCUT2D eigenvalue weighted by Gasteiger charge is 2.19. The first kappa shape index (κ1) is 12.0. The van der Waals surface area contributed by atoms with Gasteiger partial charge in [0.05, 0.1) is 7.11 Å². The van der Waals surface area contributed by atoms with Gasteiger partial charge in [0, 0.05) is 11.6 Å². The van der Waals surface area contributed by atoms with Gasteiger partial charge >= 0.3 is 5.97 Å². The van der Waals surface area contributed by atoms with Crippen molar-refractivity contribution in [3.8, 4) is 17.0 Å². The number of carboxylic acid groups (broad SMARTS) is 1. The predicted octanol–water partition coefficient (Wildman–Crippen LogP) is 2.33. The van der Waals surface area contributed by atoms with E-state index in [4.69, 9.17) is 9.84 Å². The Hall–Kier alpha value is -2.44. The Morgan fingerprint density at radius 2 is 2.17 bits per heavy atom. The predicted molar refractivity (Wildman–Crippen MR) is 55.4 cm³/mol. The number of hydrogen-bond donors (Lipinski definition) is 1. The number of rotatable bonds is 3. The van der Waals surface area contributed by atoms with E-state index in [1.165, 1.54) is 13.2 Å². The van der Waals surface area contributed by atoms with Gasteiger partial charge in [0.1, 0.15) is 5.69 Å². The van der Waals surface area contributed by atoms with Crippen molar-refractivity contribution in [3.63, 3.8) is 0 Å². The Balaban J connectivity index is 2.56. The van der Waals surface area contributed by atoms with Crippen LogP contribution in [0.2, 0.25) is 0 Å². The average molecular weight is 255 g/mol. The molecule has 1 heterocycles. The largest absolute Gasteiger partial charge is 0.493 e. The van der Waals surface area contributed by atoms with Crippen molar-refractivity contribution >= 4 is 5.97 Å². The van der Waals surface area contributed by atoms with E-state index in [1.54, 1.807) is 0 Å². The van der Waals surface area contributed by atoms with E-state index in [-0.39, 0.29) is 17.0 Å². The molecule has 0 fully saturated rings. The van der Waals surface area contributed by atoms with E-state index in [2.05, 4.69) is 9.68 Å². The summed E-state index contributed by atoms with van der Waals surface area (Å²) < 4.78 is 35.7. The molecular weight excluding hydrogens is 248 g/mol. The maximum atomic E-state index is 13.4. The number of benzene rings is 1. The van der Waals surface area contributed by atoms with Crippen LogP contribution in [0.25, 0.3) is 11.3 Å². The lowest BCUT2D eigenvalue weighted by Crippen LogP contribution is -1.95. The van der Waals surface area contributed by atoms with E-state index >= 15 is 0 Å². The molecule has 0 radical (unpaired) electrons. The fourth-order valence-corrected chi connectivity index (χ4v) is 1.44. The molecule has 7 heteroatoms. The molecule has 0 aliphatic rings. The quantitative estimate of drug-likeness (QED) is 0.911. The Bertz CT molecular complexity index is 609. The molecular formula is C11H7F2NO4. The van der Waals surface area contributed by atoms with Crippen molar-refractivity contribution in [1.29, 1.82) is 0 Å². The molecule has 94 valence electrons. The van der Waals surface area contributed by atoms with Crippen LogP contribution >= 0.6 is 0 Å². The Morgan fingerprint density at radius 3 is 2.72 bits per heavy atom. The first-order valence-electron chi connectivity index (χ1n) is 4.77. The van der Waals surface area contributed by atoms with Crippen molar-refractivity contribution in [2.75, 3.05) is 7.11 Å². The normalized spacial score (nSPS) is 10.4. The lowest BCUT2D eigenvalue weighted by molar-refractivity contribution is 0.0652. The van der Waals surface area contributed by atoms with Gasteiger partial charge in [-0.1, -0.05) is 5.16 Å². The van der Waals surface area contributed by atoms with Crippen molar-refractivity contribution < 1.29 is 27.9 Å². The molecule has 1 aromatic carbocycles. The highest BCUT2D eigenvalue weighted by atomic mass is 19.2. The summed E-state index contributed by atoms with van der Waals surface area (Å²) in [6.07, 6.45) is 0. The zero-order valence-corrected chi connectivity index (χ0v) is 9.11. The molecule has 0 bridgehead atoms. The SMILES string of the molecule is COc1c(-c2cc(C(=O)O)on2)ccc(F)c1F. The van der Waals surface area contributed by atoms with Crippen LogP contribution in [-0.2, 0) is 0 Å². The van der Waals surface area contributed by atoms with Gasteiger partial charge in [-0.05, 0) is 12.1 Å². The van der Waals surface area contributed by atoms with Crippen LogP contribution in [0, 0.1) is 11.6 Å². The zero-order chi connectivity index (χ0) is 13.3. The lowest BCUT2D eigenvalue weighted by Gasteiger charge is -2.06. The number of nitrogens with zero attached hydrogens (tertiary/aromatic N) is 1. The summed E-state index contributed by atoms with van der Waals surface area (Å²) in [6, 6.07) is 3.21. The number of halogens is 2. The number of methoxy groups -OCH3 is 1. The fraction of sp³-hybridized carbons (Fsp3) is 0.0909. The number of carbonyl (C=O) groups is 1. The molecule has 0 aliphatic heterocycles. The second-order valence-corrected chi connectivity index (χ2v) is 3.32. The molecule has 5 nitrogen and oxygen atoms in total. The van der Waals surface area contributed by atoms with Crippen LogP contribution in [0.15, 0.2) is 22.7 Å². The molecule has 0 saturated carbocycles. The average Bonchev–Trinajstić information content (AvgIpc) is 2.82. The summed E-state index contributed by atoms with van der Waals surface area (Å²) >= 11 is 0. The zero-order valence-electron chi connectivity index (χ0n) is 9.11. The molecule has 18 heavy (non-hydrogen) atoms. The molecule has 0 aliphatic carbocycles. The van der Waals surface area contributed by atoms with Gasteiger partial charge in [-0.2, -0.15) is 4.39 Å². The molecule has 2 rings (SSSR count). The maximum Gasteiger partial charge on any atom is 0.374 e. The molecule has 0 spiro atoms. The van der Waals surface area contributed by atoms with E-state index in [9.17, 15) is 13.6 Å². The molecule has 0 saturated heterocycles. The van der Waals surface area contributed by atoms with E-state index in [1.807, 2.05) is 0 Å². The van der Waals surface area contributed by atoms with E-state index in [0.29, 0.717) is 0 Å². The fourth-order valence-electron chi connectivity index (χ4n) is 1.44. The number of hydrogen-bond acceptors (Lipinski definition) is 4. The number of aromatic nitrogens is 1. The van der Waals surface area contributed by atoms with Crippen LogP contribution in [0.4, 0.5) is 8.78 Å². The molecule has 1 aromatic heterocycles. The Morgan fingerprint density at radius 1 is 1.44 bits per heavy atom. The monoisotopic (exact) mass is 255 g/mol. The van der Waals surface area contributed by atoms with Crippen molar-refractivity contribution in [2.24, 2.45) is 0 Å². The molecule has 1 N–H and O–H groups in total. The third-order valence-electron chi connectivity index (χ3n) is 2.25. The van der Waals surface area contributed by atoms with Gasteiger partial charge in [-0.25, -0.2) is 9.18 Å². The first-order chi connectivity index (χ1) is 8.54. The third-order valence-corrected chi connectivity index (χ3v) is 2.25. The number of carboxylic acids is 1. The van der Waals surface area contributed by atoms with Gasteiger partial charge in [-0.3, -0.25) is 0 Å². The van der Waals surface area contributed by atoms with Crippen LogP contribution < -0.4 is 4.74 Å². The molecule has 0 amide bonds. The second kappa shape index (κ2) is 4.44. The molecule has 0 unspecified atom stereocenters. The third kappa shape index (κ3) is 1.90. The van der Waals surface area contributed by atoms with Crippen LogP contribution in [0.5, 0.6) is 5.75 Å². The van der Waals surface area contributed by atoms with Crippen molar-refractivity contribution in [3.05, 3.63) is 35.6 Å². The highest BCUT2D eigenvalue weighted by Crippen LogP contribution is 2.33. The Kier molecular flexibility index (Phi) is 2.97. The van der Waals surface area contributed by atoms with Gasteiger partial charge in [0.25, 0.3) is 0 Å². The first-order valence-corrected chi connectivity index (χ1v) is 4.77. The maximum absolute atomic E-state index is 13.4. The minimum Gasteiger partial charge on any atom is -0.493 e. The van der Waals surface area contributed by atoms with Gasteiger partial charge < -0.3 is 14.4 Å². The van der Waals surface area contributed by atoms with Gasteiger partial charge in [0.2, 0.25) is 11.6 Å². The summed E-state index contributed by atoms with van der Waals surface area (Å²) in [6.45, 7) is 0. The molecule has 0 atom stereocenters. The van der Waals surface area contributed by atoms with Crippen molar-refractivity contribution in [1.82, 2.24) is 5.16 Å².